The van der Waals surface area contributed by atoms with Gasteiger partial charge in [0.2, 0.25) is 0 Å². The second-order valence-corrected chi connectivity index (χ2v) is 7.33. The molecular weight excluding hydrogens is 318 g/mol. The summed E-state index contributed by atoms with van der Waals surface area (Å²) in [5, 5.41) is 8.78. The van der Waals surface area contributed by atoms with Crippen LogP contribution < -0.4 is 20.4 Å². The Labute approximate surface area is 145 Å². The van der Waals surface area contributed by atoms with Crippen molar-refractivity contribution in [3.63, 3.8) is 0 Å². The summed E-state index contributed by atoms with van der Waals surface area (Å²) >= 11 is 0. The van der Waals surface area contributed by atoms with E-state index in [9.17, 15) is 4.79 Å². The van der Waals surface area contributed by atoms with Gasteiger partial charge in [0.05, 0.1) is 16.7 Å². The number of nitrogens with zero attached hydrogens (tertiary/aromatic N) is 3. The number of nitrogens with one attached hydrogen (secondary N) is 2. The molecule has 1 fully saturated rings. The smallest absolute Gasteiger partial charge is 0.262 e. The minimum absolute atomic E-state index is 0.0628. The van der Waals surface area contributed by atoms with Crippen molar-refractivity contribution >= 4 is 28.3 Å². The van der Waals surface area contributed by atoms with Crippen molar-refractivity contribution < 1.29 is 9.53 Å². The molecular formula is C18H21N5O2. The Balaban J connectivity index is 1.69. The van der Waals surface area contributed by atoms with E-state index in [2.05, 4.69) is 51.7 Å². The molecule has 25 heavy (non-hydrogen) atoms. The van der Waals surface area contributed by atoms with Gasteiger partial charge in [-0.1, -0.05) is 0 Å². The van der Waals surface area contributed by atoms with Gasteiger partial charge in [-0.3, -0.25) is 4.79 Å². The highest BCUT2D eigenvalue weighted by Crippen LogP contribution is 2.40. The lowest BCUT2D eigenvalue weighted by atomic mass is 10.0. The summed E-state index contributed by atoms with van der Waals surface area (Å²) in [6.07, 6.45) is 3.25. The summed E-state index contributed by atoms with van der Waals surface area (Å²) in [6.45, 7) is 6.53. The van der Waals surface area contributed by atoms with E-state index in [-0.39, 0.29) is 17.5 Å². The van der Waals surface area contributed by atoms with Gasteiger partial charge in [0.25, 0.3) is 5.91 Å². The van der Waals surface area contributed by atoms with Gasteiger partial charge in [-0.15, -0.1) is 0 Å². The predicted molar refractivity (Wildman–Crippen MR) is 96.1 cm³/mol. The van der Waals surface area contributed by atoms with Crippen LogP contribution in [0.2, 0.25) is 0 Å². The molecule has 0 bridgehead atoms. The maximum atomic E-state index is 12.1. The Bertz CT molecular complexity index is 910. The van der Waals surface area contributed by atoms with E-state index in [1.807, 2.05) is 11.8 Å². The lowest BCUT2D eigenvalue weighted by Gasteiger charge is -2.38. The van der Waals surface area contributed by atoms with E-state index in [1.165, 1.54) is 0 Å². The van der Waals surface area contributed by atoms with Crippen LogP contribution in [-0.2, 0) is 10.3 Å². The number of hydrogen-bond acceptors (Lipinski definition) is 5. The maximum absolute atomic E-state index is 12.1. The lowest BCUT2D eigenvalue weighted by molar-refractivity contribution is -0.122. The molecule has 1 amide bonds. The van der Waals surface area contributed by atoms with Crippen molar-refractivity contribution in [1.29, 1.82) is 0 Å². The molecule has 3 aliphatic rings. The van der Waals surface area contributed by atoms with Crippen molar-refractivity contribution in [3.8, 4) is 5.75 Å². The molecule has 0 saturated carbocycles. The molecule has 5 rings (SSSR count). The molecule has 2 atom stereocenters. The van der Waals surface area contributed by atoms with Crippen LogP contribution in [0.4, 0.5) is 5.69 Å². The van der Waals surface area contributed by atoms with E-state index in [0.717, 1.165) is 47.7 Å². The molecule has 3 aliphatic heterocycles. The summed E-state index contributed by atoms with van der Waals surface area (Å²) in [7, 11) is 0. The number of ether oxygens (including phenoxy) is 1. The third-order valence-electron chi connectivity index (χ3n) is 5.66. The molecule has 1 aromatic heterocycles. The SMILES string of the molecule is C[C@@H]1C(=O)NN=C2COc3cc4ccn(C5(C)CCNC5)c4cc3N21. The highest BCUT2D eigenvalue weighted by molar-refractivity contribution is 6.10. The Morgan fingerprint density at radius 3 is 3.08 bits per heavy atom. The molecule has 0 spiro atoms. The van der Waals surface area contributed by atoms with E-state index in [1.54, 1.807) is 0 Å². The number of hydrazone groups is 1. The van der Waals surface area contributed by atoms with Crippen molar-refractivity contribution in [2.75, 3.05) is 24.6 Å². The molecule has 0 radical (unpaired) electrons. The number of rotatable bonds is 1. The predicted octanol–water partition coefficient (Wildman–Crippen LogP) is 1.38. The normalized spacial score (nSPS) is 28.2. The first-order chi connectivity index (χ1) is 12.1. The van der Waals surface area contributed by atoms with Gasteiger partial charge in [-0.05, 0) is 45.0 Å². The summed E-state index contributed by atoms with van der Waals surface area (Å²) in [5.41, 5.74) is 4.70. The standard InChI is InChI=1S/C18H21N5O2/c1-11-17(24)21-20-16-9-25-15-7-12-3-6-22(18(2)4-5-19-10-18)13(12)8-14(15)23(11)16/h3,6-8,11,19H,4-5,9-10H2,1-2H3,(H,21,24)/t11-,18?/m1/s1. The monoisotopic (exact) mass is 339 g/mol. The topological polar surface area (TPSA) is 70.9 Å². The second kappa shape index (κ2) is 4.98. The summed E-state index contributed by atoms with van der Waals surface area (Å²) in [5.74, 6) is 1.45. The number of amidine groups is 1. The Hall–Kier alpha value is -2.54. The summed E-state index contributed by atoms with van der Waals surface area (Å²) < 4.78 is 8.25. The number of anilines is 1. The zero-order valence-electron chi connectivity index (χ0n) is 14.4. The Kier molecular flexibility index (Phi) is 2.94. The number of carbonyl (C=O) groups is 1. The molecule has 0 aliphatic carbocycles. The Morgan fingerprint density at radius 1 is 1.40 bits per heavy atom. The van der Waals surface area contributed by atoms with Gasteiger partial charge >= 0.3 is 0 Å². The molecule has 130 valence electrons. The van der Waals surface area contributed by atoms with Crippen molar-refractivity contribution in [2.24, 2.45) is 5.10 Å². The van der Waals surface area contributed by atoms with Crippen LogP contribution in [0, 0.1) is 0 Å². The highest BCUT2D eigenvalue weighted by atomic mass is 16.5. The molecule has 7 nitrogen and oxygen atoms in total. The van der Waals surface area contributed by atoms with E-state index >= 15 is 0 Å². The third kappa shape index (κ3) is 2.02. The summed E-state index contributed by atoms with van der Waals surface area (Å²) in [4.78, 5) is 14.1. The van der Waals surface area contributed by atoms with Crippen molar-refractivity contribution in [1.82, 2.24) is 15.3 Å². The fourth-order valence-electron chi connectivity index (χ4n) is 4.13. The average Bonchev–Trinajstić information content (AvgIpc) is 3.22. The van der Waals surface area contributed by atoms with Crippen LogP contribution in [0.25, 0.3) is 10.9 Å². The van der Waals surface area contributed by atoms with E-state index < -0.39 is 0 Å². The van der Waals surface area contributed by atoms with Crippen LogP contribution in [0.15, 0.2) is 29.5 Å². The van der Waals surface area contributed by atoms with Crippen LogP contribution in [-0.4, -0.2) is 42.0 Å². The van der Waals surface area contributed by atoms with Gasteiger partial charge in [0, 0.05) is 18.1 Å². The van der Waals surface area contributed by atoms with Gasteiger partial charge < -0.3 is 19.5 Å². The third-order valence-corrected chi connectivity index (χ3v) is 5.66. The van der Waals surface area contributed by atoms with Gasteiger partial charge in [0.15, 0.2) is 5.84 Å². The minimum Gasteiger partial charge on any atom is -0.483 e. The lowest BCUT2D eigenvalue weighted by Crippen LogP contribution is -2.55. The molecule has 2 aromatic rings. The number of benzene rings is 1. The maximum Gasteiger partial charge on any atom is 0.262 e. The fraction of sp³-hybridized carbons (Fsp3) is 0.444. The molecule has 2 N–H and O–H groups in total. The van der Waals surface area contributed by atoms with Gasteiger partial charge in [-0.25, -0.2) is 5.43 Å². The van der Waals surface area contributed by atoms with Gasteiger partial charge in [0.1, 0.15) is 18.4 Å². The number of carbonyl (C=O) groups excluding carboxylic acids is 1. The zero-order chi connectivity index (χ0) is 17.2. The first-order valence-corrected chi connectivity index (χ1v) is 8.72. The average molecular weight is 339 g/mol. The largest absolute Gasteiger partial charge is 0.483 e. The molecule has 1 saturated heterocycles. The highest BCUT2D eigenvalue weighted by Gasteiger charge is 2.36. The Morgan fingerprint density at radius 2 is 2.28 bits per heavy atom. The number of fused-ring (bicyclic) bond motifs is 4. The fourth-order valence-corrected chi connectivity index (χ4v) is 4.13. The van der Waals surface area contributed by atoms with Crippen molar-refractivity contribution in [2.45, 2.75) is 31.8 Å². The first kappa shape index (κ1) is 14.8. The molecule has 1 unspecified atom stereocenters. The van der Waals surface area contributed by atoms with Crippen molar-refractivity contribution in [3.05, 3.63) is 24.4 Å². The van der Waals surface area contributed by atoms with Gasteiger partial charge in [-0.2, -0.15) is 5.10 Å². The van der Waals surface area contributed by atoms with E-state index in [0.29, 0.717) is 6.61 Å². The number of aromatic nitrogens is 1. The summed E-state index contributed by atoms with van der Waals surface area (Å²) in [6, 6.07) is 6.04. The quantitative estimate of drug-likeness (QED) is 0.823. The molecule has 1 aromatic carbocycles. The van der Waals surface area contributed by atoms with Crippen LogP contribution in [0.3, 0.4) is 0 Å². The van der Waals surface area contributed by atoms with Crippen LogP contribution in [0.1, 0.15) is 20.3 Å². The second-order valence-electron chi connectivity index (χ2n) is 7.33. The number of amides is 1. The van der Waals surface area contributed by atoms with E-state index in [4.69, 9.17) is 4.74 Å². The first-order valence-electron chi connectivity index (χ1n) is 8.72. The molecule has 7 heteroatoms. The number of hydrogen-bond donors (Lipinski definition) is 2. The zero-order valence-corrected chi connectivity index (χ0v) is 14.4. The van der Waals surface area contributed by atoms with Crippen LogP contribution >= 0.6 is 0 Å². The molecule has 4 heterocycles. The van der Waals surface area contributed by atoms with Crippen LogP contribution in [0.5, 0.6) is 5.75 Å². The minimum atomic E-state index is -0.306.